The zero-order valence-corrected chi connectivity index (χ0v) is 16.1. The third kappa shape index (κ3) is 7.93. The summed E-state index contributed by atoms with van der Waals surface area (Å²) < 4.78 is 80.6. The van der Waals surface area contributed by atoms with Crippen LogP contribution in [0.5, 0.6) is 0 Å². The molecule has 2 N–H and O–H groups in total. The van der Waals surface area contributed by atoms with Crippen LogP contribution in [0.25, 0.3) is 0 Å². The summed E-state index contributed by atoms with van der Waals surface area (Å²) in [6.07, 6.45) is -10.1. The number of esters is 1. The molecule has 0 aliphatic heterocycles. The summed E-state index contributed by atoms with van der Waals surface area (Å²) >= 11 is 0. The number of anilines is 2. The predicted molar refractivity (Wildman–Crippen MR) is 100 cm³/mol. The van der Waals surface area contributed by atoms with Crippen LogP contribution in [0, 0.1) is 0 Å². The fourth-order valence-corrected chi connectivity index (χ4v) is 2.40. The number of ether oxygens (including phenoxy) is 1. The molecular weight excluding hydrogens is 446 g/mol. The first-order valence-electron chi connectivity index (χ1n) is 8.94. The molecule has 2 aromatic carbocycles. The molecule has 0 unspecified atom stereocenters. The van der Waals surface area contributed by atoms with Crippen molar-refractivity contribution in [1.29, 1.82) is 0 Å². The fraction of sp³-hybridized carbons (Fsp3) is 0.250. The molecule has 0 aliphatic rings. The van der Waals surface area contributed by atoms with Gasteiger partial charge in [-0.15, -0.1) is 0 Å². The maximum Gasteiger partial charge on any atom is 0.416 e. The smallest absolute Gasteiger partial charge is 0.416 e. The molecule has 0 aromatic heterocycles. The number of benzene rings is 2. The number of nitrogens with one attached hydrogen (secondary N) is 2. The minimum absolute atomic E-state index is 0.112. The van der Waals surface area contributed by atoms with Gasteiger partial charge in [0.1, 0.15) is 0 Å². The molecule has 2 aromatic rings. The summed E-state index contributed by atoms with van der Waals surface area (Å²) in [5.74, 6) is -2.61. The van der Waals surface area contributed by atoms with E-state index in [1.807, 2.05) is 0 Å². The lowest BCUT2D eigenvalue weighted by molar-refractivity contribution is -0.147. The van der Waals surface area contributed by atoms with Gasteiger partial charge in [0, 0.05) is 17.8 Å². The second-order valence-corrected chi connectivity index (χ2v) is 6.41. The fourth-order valence-electron chi connectivity index (χ4n) is 2.40. The van der Waals surface area contributed by atoms with Crippen molar-refractivity contribution in [2.45, 2.75) is 25.2 Å². The Morgan fingerprint density at radius 1 is 0.719 bits per heavy atom. The number of hydrogen-bond acceptors (Lipinski definition) is 4. The van der Waals surface area contributed by atoms with Gasteiger partial charge >= 0.3 is 18.3 Å². The standard InChI is InChI=1S/C20H16F6N2O4/c21-19(22,23)12-3-1-5-14(9-12)27-16(29)7-8-18(31)32-11-17(30)28-15-6-2-4-13(10-15)20(24,25)26/h1-6,9-10H,7-8,11H2,(H,27,29)(H,28,30). The Morgan fingerprint density at radius 2 is 1.19 bits per heavy atom. The topological polar surface area (TPSA) is 84.5 Å². The van der Waals surface area contributed by atoms with Crippen molar-refractivity contribution in [3.63, 3.8) is 0 Å². The van der Waals surface area contributed by atoms with Crippen LogP contribution in [0.3, 0.4) is 0 Å². The largest absolute Gasteiger partial charge is 0.456 e. The number of halogens is 6. The van der Waals surface area contributed by atoms with Crippen LogP contribution >= 0.6 is 0 Å². The minimum Gasteiger partial charge on any atom is -0.456 e. The molecule has 172 valence electrons. The quantitative estimate of drug-likeness (QED) is 0.465. The average Bonchev–Trinajstić information content (AvgIpc) is 2.70. The van der Waals surface area contributed by atoms with E-state index >= 15 is 0 Å². The van der Waals surface area contributed by atoms with Crippen molar-refractivity contribution in [3.8, 4) is 0 Å². The highest BCUT2D eigenvalue weighted by molar-refractivity contribution is 5.94. The Bertz CT molecular complexity index is 911. The summed E-state index contributed by atoms with van der Waals surface area (Å²) in [5.41, 5.74) is -2.19. The summed E-state index contributed by atoms with van der Waals surface area (Å²) in [4.78, 5) is 35.2. The number of alkyl halides is 6. The van der Waals surface area contributed by atoms with Crippen LogP contribution in [0.15, 0.2) is 48.5 Å². The number of amides is 2. The number of carbonyl (C=O) groups excluding carboxylic acids is 3. The van der Waals surface area contributed by atoms with Gasteiger partial charge in [-0.05, 0) is 36.4 Å². The highest BCUT2D eigenvalue weighted by atomic mass is 19.4. The van der Waals surface area contributed by atoms with Crippen LogP contribution in [-0.4, -0.2) is 24.4 Å². The monoisotopic (exact) mass is 462 g/mol. The molecule has 0 bridgehead atoms. The molecule has 0 saturated heterocycles. The van der Waals surface area contributed by atoms with Crippen molar-refractivity contribution >= 4 is 29.2 Å². The predicted octanol–water partition coefficient (Wildman–Crippen LogP) is 4.62. The van der Waals surface area contributed by atoms with Crippen LogP contribution < -0.4 is 10.6 Å². The minimum atomic E-state index is -4.60. The number of carbonyl (C=O) groups is 3. The van der Waals surface area contributed by atoms with E-state index in [2.05, 4.69) is 15.4 Å². The molecular formula is C20H16F6N2O4. The van der Waals surface area contributed by atoms with Crippen LogP contribution in [-0.2, 0) is 31.5 Å². The van der Waals surface area contributed by atoms with Crippen LogP contribution in [0.1, 0.15) is 24.0 Å². The van der Waals surface area contributed by atoms with Gasteiger partial charge in [0.25, 0.3) is 5.91 Å². The number of rotatable bonds is 7. The van der Waals surface area contributed by atoms with Gasteiger partial charge in [-0.25, -0.2) is 0 Å². The van der Waals surface area contributed by atoms with Gasteiger partial charge in [-0.2, -0.15) is 26.3 Å². The van der Waals surface area contributed by atoms with E-state index in [-0.39, 0.29) is 11.4 Å². The Balaban J connectivity index is 1.76. The normalized spacial score (nSPS) is 11.6. The van der Waals surface area contributed by atoms with Crippen LogP contribution in [0.4, 0.5) is 37.7 Å². The lowest BCUT2D eigenvalue weighted by Gasteiger charge is -2.10. The lowest BCUT2D eigenvalue weighted by atomic mass is 10.2. The van der Waals surface area contributed by atoms with Crippen molar-refractivity contribution in [2.24, 2.45) is 0 Å². The maximum absolute atomic E-state index is 12.7. The van der Waals surface area contributed by atoms with Gasteiger partial charge < -0.3 is 15.4 Å². The first kappa shape index (κ1) is 24.7. The summed E-state index contributed by atoms with van der Waals surface area (Å²) in [7, 11) is 0. The van der Waals surface area contributed by atoms with E-state index in [4.69, 9.17) is 0 Å². The molecule has 6 nitrogen and oxygen atoms in total. The molecule has 2 rings (SSSR count). The second kappa shape index (κ2) is 10.2. The SMILES string of the molecule is O=C(CCC(=O)OCC(=O)Nc1cccc(C(F)(F)F)c1)Nc1cccc(C(F)(F)F)c1. The lowest BCUT2D eigenvalue weighted by Crippen LogP contribution is -2.22. The Morgan fingerprint density at radius 3 is 1.66 bits per heavy atom. The van der Waals surface area contributed by atoms with Gasteiger partial charge in [0.15, 0.2) is 6.61 Å². The van der Waals surface area contributed by atoms with Crippen molar-refractivity contribution < 1.29 is 45.5 Å². The molecule has 2 amide bonds. The Kier molecular flexibility index (Phi) is 7.84. The summed E-state index contributed by atoms with van der Waals surface area (Å²) in [5, 5.41) is 4.34. The van der Waals surface area contributed by atoms with Crippen molar-refractivity contribution in [1.82, 2.24) is 0 Å². The molecule has 0 spiro atoms. The zero-order chi connectivity index (χ0) is 23.9. The van der Waals surface area contributed by atoms with E-state index in [1.54, 1.807) is 0 Å². The first-order chi connectivity index (χ1) is 14.8. The summed E-state index contributed by atoms with van der Waals surface area (Å²) in [6, 6.07) is 7.74. The van der Waals surface area contributed by atoms with Gasteiger partial charge in [-0.1, -0.05) is 12.1 Å². The van der Waals surface area contributed by atoms with Crippen LogP contribution in [0.2, 0.25) is 0 Å². The second-order valence-electron chi connectivity index (χ2n) is 6.41. The average molecular weight is 462 g/mol. The van der Waals surface area contributed by atoms with E-state index in [0.29, 0.717) is 6.07 Å². The molecule has 12 heteroatoms. The highest BCUT2D eigenvalue weighted by Crippen LogP contribution is 2.31. The molecule has 0 atom stereocenters. The van der Waals surface area contributed by atoms with Crippen molar-refractivity contribution in [2.75, 3.05) is 17.2 Å². The molecule has 0 aliphatic carbocycles. The molecule has 0 fully saturated rings. The Hall–Kier alpha value is -3.57. The summed E-state index contributed by atoms with van der Waals surface area (Å²) in [6.45, 7) is -0.801. The molecule has 0 heterocycles. The molecule has 0 radical (unpaired) electrons. The van der Waals surface area contributed by atoms with E-state index in [9.17, 15) is 40.7 Å². The molecule has 32 heavy (non-hydrogen) atoms. The number of hydrogen-bond donors (Lipinski definition) is 2. The van der Waals surface area contributed by atoms with Gasteiger partial charge in [0.05, 0.1) is 17.5 Å². The molecule has 0 saturated carbocycles. The van der Waals surface area contributed by atoms with E-state index in [0.717, 1.165) is 30.3 Å². The Labute approximate surface area is 177 Å². The first-order valence-corrected chi connectivity index (χ1v) is 8.94. The van der Waals surface area contributed by atoms with E-state index < -0.39 is 60.7 Å². The maximum atomic E-state index is 12.7. The van der Waals surface area contributed by atoms with E-state index in [1.165, 1.54) is 12.1 Å². The third-order valence-corrected chi connectivity index (χ3v) is 3.87. The van der Waals surface area contributed by atoms with Crippen molar-refractivity contribution in [3.05, 3.63) is 59.7 Å². The zero-order valence-electron chi connectivity index (χ0n) is 16.1. The third-order valence-electron chi connectivity index (χ3n) is 3.87. The highest BCUT2D eigenvalue weighted by Gasteiger charge is 2.31. The van der Waals surface area contributed by atoms with Gasteiger partial charge in [-0.3, -0.25) is 14.4 Å². The van der Waals surface area contributed by atoms with Gasteiger partial charge in [0.2, 0.25) is 5.91 Å².